The van der Waals surface area contributed by atoms with Crippen molar-refractivity contribution >= 4 is 23.2 Å². The summed E-state index contributed by atoms with van der Waals surface area (Å²) in [6, 6.07) is 11.4. The fraction of sp³-hybridized carbons (Fsp3) is 0.522. The molecule has 0 radical (unpaired) electrons. The summed E-state index contributed by atoms with van der Waals surface area (Å²) in [5.74, 6) is 0. The maximum absolute atomic E-state index is 6.14. The molecule has 0 aliphatic carbocycles. The lowest BCUT2D eigenvalue weighted by Crippen LogP contribution is -2.49. The smallest absolute Gasteiger partial charge is 0.0424 e. The van der Waals surface area contributed by atoms with E-state index in [9.17, 15) is 0 Å². The first-order chi connectivity index (χ1) is 14.1. The van der Waals surface area contributed by atoms with Crippen LogP contribution in [0.15, 0.2) is 42.7 Å². The fourth-order valence-corrected chi connectivity index (χ4v) is 5.13. The van der Waals surface area contributed by atoms with Crippen LogP contribution in [0.4, 0.5) is 0 Å². The minimum atomic E-state index is 0.644. The van der Waals surface area contributed by atoms with Crippen LogP contribution in [0.1, 0.15) is 36.8 Å². The maximum Gasteiger partial charge on any atom is 0.0424 e. The normalized spacial score (nSPS) is 20.2. The van der Waals surface area contributed by atoms with Crippen LogP contribution in [0, 0.1) is 0 Å². The molecule has 0 amide bonds. The zero-order chi connectivity index (χ0) is 20.1. The zero-order valence-electron chi connectivity index (χ0n) is 16.9. The lowest BCUT2D eigenvalue weighted by atomic mass is 9.99. The molecule has 2 fully saturated rings. The summed E-state index contributed by atoms with van der Waals surface area (Å²) < 4.78 is 0. The number of nitrogens with one attached hydrogen (secondary N) is 1. The van der Waals surface area contributed by atoms with E-state index < -0.39 is 0 Å². The second-order valence-electron chi connectivity index (χ2n) is 8.40. The fourth-order valence-electron chi connectivity index (χ4n) is 4.56. The van der Waals surface area contributed by atoms with Crippen LogP contribution in [0.3, 0.4) is 0 Å². The van der Waals surface area contributed by atoms with Crippen molar-refractivity contribution in [1.82, 2.24) is 20.1 Å². The van der Waals surface area contributed by atoms with E-state index in [4.69, 9.17) is 23.2 Å². The quantitative estimate of drug-likeness (QED) is 0.721. The Labute approximate surface area is 184 Å². The van der Waals surface area contributed by atoms with Gasteiger partial charge in [-0.05, 0) is 93.3 Å². The summed E-state index contributed by atoms with van der Waals surface area (Å²) >= 11 is 12.3. The molecule has 2 aromatic rings. The summed E-state index contributed by atoms with van der Waals surface area (Å²) in [5, 5.41) is 5.38. The minimum absolute atomic E-state index is 0.644. The molecule has 1 aromatic carbocycles. The molecule has 2 aliphatic rings. The van der Waals surface area contributed by atoms with E-state index in [-0.39, 0.29) is 0 Å². The van der Waals surface area contributed by atoms with Gasteiger partial charge in [0.05, 0.1) is 0 Å². The van der Waals surface area contributed by atoms with Gasteiger partial charge < -0.3 is 5.32 Å². The van der Waals surface area contributed by atoms with Crippen molar-refractivity contribution in [3.63, 3.8) is 0 Å². The minimum Gasteiger partial charge on any atom is -0.311 e. The Morgan fingerprint density at radius 3 is 1.76 bits per heavy atom. The molecule has 3 heterocycles. The Hall–Kier alpha value is -1.17. The van der Waals surface area contributed by atoms with Crippen LogP contribution in [0.25, 0.3) is 0 Å². The van der Waals surface area contributed by atoms with E-state index in [0.717, 1.165) is 36.2 Å². The third-order valence-corrected chi connectivity index (χ3v) is 6.57. The van der Waals surface area contributed by atoms with Crippen LogP contribution >= 0.6 is 23.2 Å². The number of hydrogen-bond donors (Lipinski definition) is 1. The molecule has 0 atom stereocenters. The van der Waals surface area contributed by atoms with Gasteiger partial charge in [-0.2, -0.15) is 0 Å². The standard InChI is InChI=1S/C23H30Cl2N4/c24-20-13-19(14-21(25)15-20)17-29-11-5-23(6-12-29)27-22-3-9-28(10-4-22)16-18-1-7-26-8-2-18/h1-2,7-8,13-15,22-23,27H,3-6,9-12,16-17H2. The Kier molecular flexibility index (Phi) is 7.44. The van der Waals surface area contributed by atoms with Gasteiger partial charge >= 0.3 is 0 Å². The molecular weight excluding hydrogens is 403 g/mol. The van der Waals surface area contributed by atoms with Crippen molar-refractivity contribution in [3.05, 3.63) is 63.9 Å². The number of halogens is 2. The topological polar surface area (TPSA) is 31.4 Å². The average Bonchev–Trinajstić information content (AvgIpc) is 2.71. The second-order valence-corrected chi connectivity index (χ2v) is 9.27. The Bertz CT molecular complexity index is 749. The van der Waals surface area contributed by atoms with Gasteiger partial charge in [0.25, 0.3) is 0 Å². The molecule has 2 aliphatic heterocycles. The first-order valence-corrected chi connectivity index (χ1v) is 11.4. The summed E-state index contributed by atoms with van der Waals surface area (Å²) in [4.78, 5) is 9.18. The molecular formula is C23H30Cl2N4. The highest BCUT2D eigenvalue weighted by Crippen LogP contribution is 2.22. The Morgan fingerprint density at radius 2 is 1.24 bits per heavy atom. The number of pyridine rings is 1. The third kappa shape index (κ3) is 6.40. The summed E-state index contributed by atoms with van der Waals surface area (Å²) in [7, 11) is 0. The summed E-state index contributed by atoms with van der Waals surface area (Å²) in [6.07, 6.45) is 8.68. The van der Waals surface area contributed by atoms with Crippen molar-refractivity contribution in [3.8, 4) is 0 Å². The summed E-state index contributed by atoms with van der Waals surface area (Å²) in [5.41, 5.74) is 2.57. The van der Waals surface area contributed by atoms with E-state index in [1.54, 1.807) is 6.07 Å². The van der Waals surface area contributed by atoms with Gasteiger partial charge in [-0.3, -0.25) is 14.8 Å². The zero-order valence-corrected chi connectivity index (χ0v) is 18.4. The van der Waals surface area contributed by atoms with Gasteiger partial charge in [0, 0.05) is 47.6 Å². The molecule has 0 spiro atoms. The molecule has 29 heavy (non-hydrogen) atoms. The Balaban J connectivity index is 1.17. The molecule has 4 nitrogen and oxygen atoms in total. The molecule has 0 saturated carbocycles. The van der Waals surface area contributed by atoms with Crippen LogP contribution in [-0.2, 0) is 13.1 Å². The second kappa shape index (κ2) is 10.2. The van der Waals surface area contributed by atoms with E-state index in [2.05, 4.69) is 32.2 Å². The van der Waals surface area contributed by atoms with E-state index in [1.165, 1.54) is 49.9 Å². The highest BCUT2D eigenvalue weighted by Gasteiger charge is 2.24. The number of benzene rings is 1. The van der Waals surface area contributed by atoms with Gasteiger partial charge in [0.1, 0.15) is 0 Å². The number of aromatic nitrogens is 1. The van der Waals surface area contributed by atoms with Crippen molar-refractivity contribution in [1.29, 1.82) is 0 Å². The molecule has 1 N–H and O–H groups in total. The first-order valence-electron chi connectivity index (χ1n) is 10.7. The van der Waals surface area contributed by atoms with E-state index >= 15 is 0 Å². The number of nitrogens with zero attached hydrogens (tertiary/aromatic N) is 3. The molecule has 0 bridgehead atoms. The SMILES string of the molecule is Clc1cc(Cl)cc(CN2CCC(NC3CCN(Cc4ccncc4)CC3)CC2)c1. The largest absolute Gasteiger partial charge is 0.311 e. The lowest BCUT2D eigenvalue weighted by Gasteiger charge is -2.38. The van der Waals surface area contributed by atoms with Crippen molar-refractivity contribution in [2.75, 3.05) is 26.2 Å². The number of piperidine rings is 2. The molecule has 4 rings (SSSR count). The van der Waals surface area contributed by atoms with Crippen LogP contribution < -0.4 is 5.32 Å². The van der Waals surface area contributed by atoms with Gasteiger partial charge in [0.2, 0.25) is 0 Å². The first kappa shape index (κ1) is 21.1. The molecule has 1 aromatic heterocycles. The Morgan fingerprint density at radius 1 is 0.759 bits per heavy atom. The lowest BCUT2D eigenvalue weighted by molar-refractivity contribution is 0.153. The molecule has 0 unspecified atom stereocenters. The van der Waals surface area contributed by atoms with Gasteiger partial charge in [0.15, 0.2) is 0 Å². The maximum atomic E-state index is 6.14. The number of rotatable bonds is 6. The third-order valence-electron chi connectivity index (χ3n) is 6.13. The van der Waals surface area contributed by atoms with Crippen LogP contribution in [0.2, 0.25) is 10.0 Å². The monoisotopic (exact) mass is 432 g/mol. The average molecular weight is 433 g/mol. The highest BCUT2D eigenvalue weighted by atomic mass is 35.5. The van der Waals surface area contributed by atoms with Gasteiger partial charge in [-0.15, -0.1) is 0 Å². The molecule has 156 valence electrons. The number of hydrogen-bond acceptors (Lipinski definition) is 4. The van der Waals surface area contributed by atoms with Crippen LogP contribution in [0.5, 0.6) is 0 Å². The molecule has 2 saturated heterocycles. The summed E-state index contributed by atoms with van der Waals surface area (Å²) in [6.45, 7) is 6.58. The van der Waals surface area contributed by atoms with Gasteiger partial charge in [-0.1, -0.05) is 23.2 Å². The van der Waals surface area contributed by atoms with E-state index in [1.807, 2.05) is 24.5 Å². The predicted octanol–water partition coefficient (Wildman–Crippen LogP) is 4.61. The highest BCUT2D eigenvalue weighted by molar-refractivity contribution is 6.34. The molecule has 6 heteroatoms. The van der Waals surface area contributed by atoms with E-state index in [0.29, 0.717) is 12.1 Å². The van der Waals surface area contributed by atoms with Crippen LogP contribution in [-0.4, -0.2) is 53.0 Å². The number of likely N-dealkylation sites (tertiary alicyclic amines) is 2. The predicted molar refractivity (Wildman–Crippen MR) is 120 cm³/mol. The van der Waals surface area contributed by atoms with Crippen molar-refractivity contribution in [2.24, 2.45) is 0 Å². The van der Waals surface area contributed by atoms with Gasteiger partial charge in [-0.25, -0.2) is 0 Å². The van der Waals surface area contributed by atoms with Crippen molar-refractivity contribution in [2.45, 2.75) is 50.9 Å². The van der Waals surface area contributed by atoms with Crippen molar-refractivity contribution < 1.29 is 0 Å².